The van der Waals surface area contributed by atoms with Crippen molar-refractivity contribution < 1.29 is 14.7 Å². The molecule has 0 aliphatic carbocycles. The summed E-state index contributed by atoms with van der Waals surface area (Å²) in [5.41, 5.74) is 1.48. The highest BCUT2D eigenvalue weighted by Gasteiger charge is 2.08. The monoisotopic (exact) mass is 296 g/mol. The molecule has 0 radical (unpaired) electrons. The molecule has 1 rings (SSSR count). The van der Waals surface area contributed by atoms with E-state index < -0.39 is 5.97 Å². The van der Waals surface area contributed by atoms with Gasteiger partial charge in [-0.05, 0) is 24.3 Å². The van der Waals surface area contributed by atoms with Crippen LogP contribution < -0.4 is 10.6 Å². The molecule has 1 atom stereocenters. The van der Waals surface area contributed by atoms with Crippen LogP contribution in [0.3, 0.4) is 0 Å². The van der Waals surface area contributed by atoms with Crippen molar-refractivity contribution in [2.24, 2.45) is 0 Å². The second-order valence-corrected chi connectivity index (χ2v) is 5.71. The highest BCUT2D eigenvalue weighted by atomic mass is 32.2. The minimum Gasteiger partial charge on any atom is -0.481 e. The van der Waals surface area contributed by atoms with Gasteiger partial charge in [-0.3, -0.25) is 4.79 Å². The molecule has 5 nitrogen and oxygen atoms in total. The predicted molar refractivity (Wildman–Crippen MR) is 82.4 cm³/mol. The smallest absolute Gasteiger partial charge is 0.319 e. The third kappa shape index (κ3) is 5.97. The summed E-state index contributed by atoms with van der Waals surface area (Å²) in [4.78, 5) is 22.4. The number of para-hydroxylation sites is 1. The molecule has 0 aromatic heterocycles. The maximum absolute atomic E-state index is 11.8. The SMILES string of the molecule is CSC(C)CNC(=O)Nc1ccccc1CCC(=O)O. The second-order valence-electron chi connectivity index (χ2n) is 4.43. The molecule has 0 saturated carbocycles. The number of aryl methyl sites for hydroxylation is 1. The van der Waals surface area contributed by atoms with Gasteiger partial charge in [-0.25, -0.2) is 4.79 Å². The van der Waals surface area contributed by atoms with Crippen molar-refractivity contribution >= 4 is 29.4 Å². The van der Waals surface area contributed by atoms with Crippen LogP contribution in [0.15, 0.2) is 24.3 Å². The van der Waals surface area contributed by atoms with Gasteiger partial charge in [0.25, 0.3) is 0 Å². The number of rotatable bonds is 7. The number of aliphatic carboxylic acids is 1. The Morgan fingerprint density at radius 3 is 2.70 bits per heavy atom. The Morgan fingerprint density at radius 1 is 1.35 bits per heavy atom. The lowest BCUT2D eigenvalue weighted by molar-refractivity contribution is -0.136. The summed E-state index contributed by atoms with van der Waals surface area (Å²) in [6.07, 6.45) is 2.43. The van der Waals surface area contributed by atoms with Crippen molar-refractivity contribution in [3.63, 3.8) is 0 Å². The van der Waals surface area contributed by atoms with Gasteiger partial charge in [-0.2, -0.15) is 11.8 Å². The van der Waals surface area contributed by atoms with E-state index in [1.165, 1.54) is 0 Å². The number of urea groups is 1. The maximum Gasteiger partial charge on any atom is 0.319 e. The van der Waals surface area contributed by atoms with Crippen LogP contribution in [-0.2, 0) is 11.2 Å². The van der Waals surface area contributed by atoms with Gasteiger partial charge in [0.05, 0.1) is 0 Å². The first-order valence-electron chi connectivity index (χ1n) is 6.40. The molecule has 3 N–H and O–H groups in total. The van der Waals surface area contributed by atoms with E-state index in [-0.39, 0.29) is 12.5 Å². The third-order valence-electron chi connectivity index (χ3n) is 2.83. The normalized spacial score (nSPS) is 11.7. The molecular weight excluding hydrogens is 276 g/mol. The summed E-state index contributed by atoms with van der Waals surface area (Å²) in [6, 6.07) is 6.96. The molecule has 6 heteroatoms. The molecule has 0 fully saturated rings. The molecule has 1 unspecified atom stereocenters. The molecule has 1 aromatic carbocycles. The van der Waals surface area contributed by atoms with Crippen LogP contribution in [0.1, 0.15) is 18.9 Å². The van der Waals surface area contributed by atoms with Gasteiger partial charge in [0, 0.05) is 23.9 Å². The number of nitrogens with one attached hydrogen (secondary N) is 2. The number of benzene rings is 1. The molecule has 110 valence electrons. The van der Waals surface area contributed by atoms with Crippen LogP contribution in [0.25, 0.3) is 0 Å². The number of amides is 2. The van der Waals surface area contributed by atoms with Gasteiger partial charge in [0.1, 0.15) is 0 Å². The van der Waals surface area contributed by atoms with Gasteiger partial charge in [-0.1, -0.05) is 25.1 Å². The molecule has 0 bridgehead atoms. The summed E-state index contributed by atoms with van der Waals surface area (Å²) in [5.74, 6) is -0.849. The average molecular weight is 296 g/mol. The lowest BCUT2D eigenvalue weighted by atomic mass is 10.1. The first-order valence-corrected chi connectivity index (χ1v) is 7.69. The minimum absolute atomic E-state index is 0.0455. The van der Waals surface area contributed by atoms with Gasteiger partial charge in [0.15, 0.2) is 0 Å². The zero-order valence-electron chi connectivity index (χ0n) is 11.7. The third-order valence-corrected chi connectivity index (χ3v) is 3.80. The van der Waals surface area contributed by atoms with E-state index in [0.29, 0.717) is 23.9 Å². The van der Waals surface area contributed by atoms with Gasteiger partial charge in [-0.15, -0.1) is 0 Å². The Kier molecular flexibility index (Phi) is 6.93. The van der Waals surface area contributed by atoms with E-state index in [4.69, 9.17) is 5.11 Å². The molecule has 1 aromatic rings. The zero-order chi connectivity index (χ0) is 15.0. The van der Waals surface area contributed by atoms with Gasteiger partial charge in [0.2, 0.25) is 0 Å². The van der Waals surface area contributed by atoms with Crippen LogP contribution in [0.5, 0.6) is 0 Å². The molecule has 20 heavy (non-hydrogen) atoms. The molecule has 2 amide bonds. The maximum atomic E-state index is 11.8. The number of thioether (sulfide) groups is 1. The van der Waals surface area contributed by atoms with Crippen molar-refractivity contribution in [3.8, 4) is 0 Å². The first kappa shape index (κ1) is 16.4. The Morgan fingerprint density at radius 2 is 2.05 bits per heavy atom. The Bertz CT molecular complexity index is 465. The summed E-state index contributed by atoms with van der Waals surface area (Å²) < 4.78 is 0. The van der Waals surface area contributed by atoms with Crippen LogP contribution in [0.2, 0.25) is 0 Å². The van der Waals surface area contributed by atoms with E-state index in [0.717, 1.165) is 5.56 Å². The fourth-order valence-corrected chi connectivity index (χ4v) is 1.84. The highest BCUT2D eigenvalue weighted by molar-refractivity contribution is 7.99. The van der Waals surface area contributed by atoms with Crippen LogP contribution >= 0.6 is 11.8 Å². The van der Waals surface area contributed by atoms with E-state index in [9.17, 15) is 9.59 Å². The Balaban J connectivity index is 2.57. The highest BCUT2D eigenvalue weighted by Crippen LogP contribution is 2.16. The average Bonchev–Trinajstić information content (AvgIpc) is 2.43. The van der Waals surface area contributed by atoms with E-state index >= 15 is 0 Å². The van der Waals surface area contributed by atoms with E-state index in [1.807, 2.05) is 31.4 Å². The first-order chi connectivity index (χ1) is 9.52. The second kappa shape index (κ2) is 8.47. The summed E-state index contributed by atoms with van der Waals surface area (Å²) in [7, 11) is 0. The van der Waals surface area contributed by atoms with E-state index in [1.54, 1.807) is 17.8 Å². The number of anilines is 1. The lowest BCUT2D eigenvalue weighted by Gasteiger charge is -2.13. The number of carbonyl (C=O) groups excluding carboxylic acids is 1. The van der Waals surface area contributed by atoms with Crippen molar-refractivity contribution in [2.75, 3.05) is 18.1 Å². The number of carboxylic acid groups (broad SMARTS) is 1. The van der Waals surface area contributed by atoms with Crippen LogP contribution in [0.4, 0.5) is 10.5 Å². The molecular formula is C14H20N2O3S. The van der Waals surface area contributed by atoms with Gasteiger partial charge < -0.3 is 15.7 Å². The predicted octanol–water partition coefficient (Wildman–Crippen LogP) is 2.58. The number of carboxylic acids is 1. The zero-order valence-corrected chi connectivity index (χ0v) is 12.5. The molecule has 0 aliphatic rings. The topological polar surface area (TPSA) is 78.4 Å². The largest absolute Gasteiger partial charge is 0.481 e. The fraction of sp³-hybridized carbons (Fsp3) is 0.429. The van der Waals surface area contributed by atoms with Crippen LogP contribution in [-0.4, -0.2) is 35.2 Å². The Hall–Kier alpha value is -1.69. The molecule has 0 saturated heterocycles. The molecule has 0 heterocycles. The van der Waals surface area contributed by atoms with E-state index in [2.05, 4.69) is 10.6 Å². The van der Waals surface area contributed by atoms with Crippen molar-refractivity contribution in [1.82, 2.24) is 5.32 Å². The molecule has 0 spiro atoms. The molecule has 0 aliphatic heterocycles. The lowest BCUT2D eigenvalue weighted by Crippen LogP contribution is -2.33. The van der Waals surface area contributed by atoms with Crippen molar-refractivity contribution in [2.45, 2.75) is 25.0 Å². The summed E-state index contributed by atoms with van der Waals surface area (Å²) >= 11 is 1.68. The fourth-order valence-electron chi connectivity index (χ4n) is 1.59. The number of hydrogen-bond donors (Lipinski definition) is 3. The Labute approximate surface area is 123 Å². The quantitative estimate of drug-likeness (QED) is 0.722. The van der Waals surface area contributed by atoms with Crippen LogP contribution in [0, 0.1) is 0 Å². The van der Waals surface area contributed by atoms with Crippen molar-refractivity contribution in [3.05, 3.63) is 29.8 Å². The van der Waals surface area contributed by atoms with Crippen molar-refractivity contribution in [1.29, 1.82) is 0 Å². The number of carbonyl (C=O) groups is 2. The summed E-state index contributed by atoms with van der Waals surface area (Å²) in [5, 5.41) is 14.6. The summed E-state index contributed by atoms with van der Waals surface area (Å²) in [6.45, 7) is 2.62. The minimum atomic E-state index is -0.849. The van der Waals surface area contributed by atoms with Gasteiger partial charge >= 0.3 is 12.0 Å². The standard InChI is InChI=1S/C14H20N2O3S/c1-10(20-2)9-15-14(19)16-12-6-4-3-5-11(12)7-8-13(17)18/h3-6,10H,7-9H2,1-2H3,(H,17,18)(H2,15,16,19). The number of hydrogen-bond acceptors (Lipinski definition) is 3.